The molecule has 0 N–H and O–H groups in total. The van der Waals surface area contributed by atoms with Crippen LogP contribution in [-0.4, -0.2) is 6.61 Å². The van der Waals surface area contributed by atoms with Crippen LogP contribution in [0.5, 0.6) is 5.75 Å². The fourth-order valence-corrected chi connectivity index (χ4v) is 8.31. The molecule has 0 heterocycles. The van der Waals surface area contributed by atoms with Gasteiger partial charge in [0.25, 0.3) is 0 Å². The number of fused-ring (bicyclic) bond motifs is 3. The molecule has 4 aliphatic carbocycles. The van der Waals surface area contributed by atoms with Crippen LogP contribution in [0.25, 0.3) is 0 Å². The number of unbranched alkanes of at least 4 members (excludes halogenated alkanes) is 7. The fourth-order valence-electron chi connectivity index (χ4n) is 8.31. The van der Waals surface area contributed by atoms with Crippen molar-refractivity contribution >= 4 is 0 Å². The van der Waals surface area contributed by atoms with E-state index in [9.17, 15) is 0 Å². The van der Waals surface area contributed by atoms with Gasteiger partial charge in [0.05, 0.1) is 6.61 Å². The summed E-state index contributed by atoms with van der Waals surface area (Å²) in [5.74, 6) is 3.07. The first-order valence-electron chi connectivity index (χ1n) is 16.9. The molecule has 2 bridgehead atoms. The summed E-state index contributed by atoms with van der Waals surface area (Å²) < 4.78 is 6.20. The van der Waals surface area contributed by atoms with Crippen molar-refractivity contribution in [2.24, 2.45) is 17.3 Å². The zero-order valence-corrected chi connectivity index (χ0v) is 24.8. The molecule has 0 atom stereocenters. The van der Waals surface area contributed by atoms with Crippen molar-refractivity contribution in [1.29, 1.82) is 0 Å². The Kier molecular flexibility index (Phi) is 11.7. The van der Waals surface area contributed by atoms with Gasteiger partial charge in [-0.1, -0.05) is 116 Å². The Bertz CT molecular complexity index is 716. The topological polar surface area (TPSA) is 9.23 Å². The molecule has 4 aliphatic rings. The van der Waals surface area contributed by atoms with Gasteiger partial charge in [0.2, 0.25) is 0 Å². The zero-order chi connectivity index (χ0) is 25.8. The van der Waals surface area contributed by atoms with Gasteiger partial charge in [-0.25, -0.2) is 0 Å². The van der Waals surface area contributed by atoms with E-state index in [1.54, 1.807) is 5.56 Å². The summed E-state index contributed by atoms with van der Waals surface area (Å²) >= 11 is 0. The van der Waals surface area contributed by atoms with E-state index in [0.29, 0.717) is 10.8 Å². The van der Waals surface area contributed by atoms with Gasteiger partial charge in [-0.2, -0.15) is 0 Å². The molecule has 4 fully saturated rings. The Morgan fingerprint density at radius 2 is 1.16 bits per heavy atom. The van der Waals surface area contributed by atoms with E-state index >= 15 is 0 Å². The minimum Gasteiger partial charge on any atom is -0.494 e. The van der Waals surface area contributed by atoms with Gasteiger partial charge < -0.3 is 4.74 Å². The number of rotatable bonds is 17. The number of hydrogen-bond acceptors (Lipinski definition) is 1. The highest BCUT2D eigenvalue weighted by Crippen LogP contribution is 2.59. The lowest BCUT2D eigenvalue weighted by molar-refractivity contribution is 0.0304. The van der Waals surface area contributed by atoms with Gasteiger partial charge in [0, 0.05) is 0 Å². The van der Waals surface area contributed by atoms with E-state index < -0.39 is 0 Å². The molecule has 37 heavy (non-hydrogen) atoms. The highest BCUT2D eigenvalue weighted by atomic mass is 16.5. The summed E-state index contributed by atoms with van der Waals surface area (Å²) in [5.41, 5.74) is 2.77. The van der Waals surface area contributed by atoms with E-state index in [2.05, 4.69) is 38.1 Å². The molecule has 1 aromatic rings. The number of ether oxygens (including phenoxy) is 1. The first kappa shape index (κ1) is 29.0. The molecule has 0 unspecified atom stereocenters. The molecular formula is C36H60O. The zero-order valence-electron chi connectivity index (χ0n) is 24.8. The Labute approximate surface area is 230 Å². The molecule has 0 amide bonds. The molecule has 1 heteroatoms. The monoisotopic (exact) mass is 508 g/mol. The normalized spacial score (nSPS) is 29.5. The van der Waals surface area contributed by atoms with E-state index in [0.717, 1.165) is 24.2 Å². The van der Waals surface area contributed by atoms with Crippen molar-refractivity contribution in [3.63, 3.8) is 0 Å². The maximum absolute atomic E-state index is 6.20. The van der Waals surface area contributed by atoms with Gasteiger partial charge in [0.15, 0.2) is 0 Å². The van der Waals surface area contributed by atoms with Gasteiger partial charge in [-0.3, -0.25) is 0 Å². The number of benzene rings is 1. The Morgan fingerprint density at radius 3 is 1.78 bits per heavy atom. The van der Waals surface area contributed by atoms with Gasteiger partial charge >= 0.3 is 0 Å². The first-order valence-corrected chi connectivity index (χ1v) is 16.9. The predicted molar refractivity (Wildman–Crippen MR) is 161 cm³/mol. The summed E-state index contributed by atoms with van der Waals surface area (Å²) in [5, 5.41) is 0. The Balaban J connectivity index is 1.11. The third-order valence-corrected chi connectivity index (χ3v) is 11.1. The van der Waals surface area contributed by atoms with Crippen molar-refractivity contribution in [2.75, 3.05) is 6.61 Å². The summed E-state index contributed by atoms with van der Waals surface area (Å²) in [6.07, 6.45) is 33.0. The molecule has 210 valence electrons. The van der Waals surface area contributed by atoms with Crippen LogP contribution in [0.4, 0.5) is 0 Å². The molecule has 0 radical (unpaired) electrons. The molecule has 0 aromatic heterocycles. The quantitative estimate of drug-likeness (QED) is 0.190. The molecule has 0 spiro atoms. The van der Waals surface area contributed by atoms with Crippen LogP contribution in [-0.2, 0) is 5.41 Å². The highest BCUT2D eigenvalue weighted by molar-refractivity contribution is 5.34. The van der Waals surface area contributed by atoms with Crippen molar-refractivity contribution < 1.29 is 4.74 Å². The van der Waals surface area contributed by atoms with Gasteiger partial charge in [0.1, 0.15) is 5.75 Å². The minimum atomic E-state index is 0.469. The molecule has 0 saturated heterocycles. The van der Waals surface area contributed by atoms with Crippen LogP contribution in [0.1, 0.15) is 167 Å². The molecule has 5 rings (SSSR count). The third kappa shape index (κ3) is 8.50. The third-order valence-electron chi connectivity index (χ3n) is 11.1. The number of hydrogen-bond donors (Lipinski definition) is 0. The molecule has 1 nitrogen and oxygen atoms in total. The van der Waals surface area contributed by atoms with Crippen LogP contribution in [0.3, 0.4) is 0 Å². The summed E-state index contributed by atoms with van der Waals surface area (Å²) in [6, 6.07) is 9.39. The lowest BCUT2D eigenvalue weighted by atomic mass is 9.51. The van der Waals surface area contributed by atoms with Gasteiger partial charge in [-0.15, -0.1) is 0 Å². The average Bonchev–Trinajstić information content (AvgIpc) is 2.95. The molecular weight excluding hydrogens is 448 g/mol. The summed E-state index contributed by atoms with van der Waals surface area (Å²) in [6.45, 7) is 5.53. The first-order chi connectivity index (χ1) is 18.2. The fraction of sp³-hybridized carbons (Fsp3) is 0.833. The van der Waals surface area contributed by atoms with E-state index in [4.69, 9.17) is 4.74 Å². The molecule has 0 aliphatic heterocycles. The van der Waals surface area contributed by atoms with Crippen LogP contribution < -0.4 is 4.74 Å². The molecule has 1 aromatic carbocycles. The second-order valence-corrected chi connectivity index (χ2v) is 13.7. The average molecular weight is 509 g/mol. The predicted octanol–water partition coefficient (Wildman–Crippen LogP) is 11.6. The van der Waals surface area contributed by atoms with Crippen molar-refractivity contribution in [1.82, 2.24) is 0 Å². The van der Waals surface area contributed by atoms with Crippen LogP contribution >= 0.6 is 0 Å². The van der Waals surface area contributed by atoms with Crippen molar-refractivity contribution in [2.45, 2.75) is 167 Å². The standard InChI is InChI=1S/C36H60O/c1-3-5-7-8-9-11-23-35-24-27-36(28-25-35,29-26-35)33-19-21-34(22-20-33)37-30-12-14-32-17-15-31(16-18-32)13-10-6-4-2/h19-22,31-32H,3-18,23-30H2,1-2H3/t31-,32-,35?,36?. The Hall–Kier alpha value is -0.980. The van der Waals surface area contributed by atoms with E-state index in [-0.39, 0.29) is 0 Å². The van der Waals surface area contributed by atoms with Crippen molar-refractivity contribution in [3.05, 3.63) is 29.8 Å². The van der Waals surface area contributed by atoms with Crippen LogP contribution in [0.15, 0.2) is 24.3 Å². The van der Waals surface area contributed by atoms with Crippen LogP contribution in [0.2, 0.25) is 0 Å². The van der Waals surface area contributed by atoms with E-state index in [1.807, 2.05) is 0 Å². The Morgan fingerprint density at radius 1 is 0.622 bits per heavy atom. The SMILES string of the molecule is CCCCCCCCC12CCC(c3ccc(OCCC[C@H]4CC[C@H](CCCCC)CC4)cc3)(CC1)CC2. The highest BCUT2D eigenvalue weighted by Gasteiger charge is 2.48. The van der Waals surface area contributed by atoms with Crippen LogP contribution in [0, 0.1) is 17.3 Å². The molecule has 4 saturated carbocycles. The second kappa shape index (κ2) is 15.0. The lowest BCUT2D eigenvalue weighted by Gasteiger charge is -2.54. The van der Waals surface area contributed by atoms with Crippen molar-refractivity contribution in [3.8, 4) is 5.75 Å². The maximum atomic E-state index is 6.20. The minimum absolute atomic E-state index is 0.469. The lowest BCUT2D eigenvalue weighted by Crippen LogP contribution is -2.44. The largest absolute Gasteiger partial charge is 0.494 e. The maximum Gasteiger partial charge on any atom is 0.119 e. The van der Waals surface area contributed by atoms with E-state index in [1.165, 1.54) is 148 Å². The summed E-state index contributed by atoms with van der Waals surface area (Å²) in [4.78, 5) is 0. The van der Waals surface area contributed by atoms with Gasteiger partial charge in [-0.05, 0) is 98.1 Å². The smallest absolute Gasteiger partial charge is 0.119 e. The second-order valence-electron chi connectivity index (χ2n) is 13.7. The summed E-state index contributed by atoms with van der Waals surface area (Å²) in [7, 11) is 0.